The average Bonchev–Trinajstić information content (AvgIpc) is 2.73. The van der Waals surface area contributed by atoms with Crippen LogP contribution in [0.15, 0.2) is 46.9 Å². The summed E-state index contributed by atoms with van der Waals surface area (Å²) in [6.45, 7) is 1.94. The third-order valence-electron chi connectivity index (χ3n) is 3.21. The van der Waals surface area contributed by atoms with Gasteiger partial charge in [-0.2, -0.15) is 0 Å². The summed E-state index contributed by atoms with van der Waals surface area (Å²) in [6, 6.07) is 12.0. The number of aryl methyl sites for hydroxylation is 1. The molecule has 0 unspecified atom stereocenters. The van der Waals surface area contributed by atoms with Crippen molar-refractivity contribution in [2.45, 2.75) is 6.92 Å². The van der Waals surface area contributed by atoms with Gasteiger partial charge in [0, 0.05) is 10.9 Å². The Morgan fingerprint density at radius 1 is 1.10 bits per heavy atom. The van der Waals surface area contributed by atoms with E-state index in [1.165, 1.54) is 12.1 Å². The van der Waals surface area contributed by atoms with E-state index in [0.29, 0.717) is 22.1 Å². The molecule has 0 amide bonds. The fourth-order valence-corrected chi connectivity index (χ4v) is 2.26. The van der Waals surface area contributed by atoms with E-state index >= 15 is 0 Å². The van der Waals surface area contributed by atoms with Gasteiger partial charge in [-0.15, -0.1) is 0 Å². The first-order valence-electron chi connectivity index (χ1n) is 6.16. The van der Waals surface area contributed by atoms with Crippen LogP contribution in [0.25, 0.3) is 11.0 Å². The predicted octanol–water partition coefficient (Wildman–Crippen LogP) is 3.57. The molecule has 0 aliphatic carbocycles. The zero-order chi connectivity index (χ0) is 14.3. The van der Waals surface area contributed by atoms with Crippen LogP contribution in [0.5, 0.6) is 11.7 Å². The molecule has 0 radical (unpaired) electrons. The van der Waals surface area contributed by atoms with E-state index in [1.54, 1.807) is 12.1 Å². The first-order valence-corrected chi connectivity index (χ1v) is 6.16. The van der Waals surface area contributed by atoms with Crippen molar-refractivity contribution in [2.75, 3.05) is 0 Å². The Balaban J connectivity index is 2.21. The van der Waals surface area contributed by atoms with Crippen molar-refractivity contribution in [2.24, 2.45) is 0 Å². The van der Waals surface area contributed by atoms with Gasteiger partial charge in [0.15, 0.2) is 0 Å². The Morgan fingerprint density at radius 3 is 2.65 bits per heavy atom. The lowest BCUT2D eigenvalue weighted by Crippen LogP contribution is -2.01. The number of benzene rings is 2. The van der Waals surface area contributed by atoms with Crippen LogP contribution in [-0.4, -0.2) is 15.9 Å². The lowest BCUT2D eigenvalue weighted by atomic mass is 10.00. The van der Waals surface area contributed by atoms with Gasteiger partial charge < -0.3 is 14.6 Å². The number of hydrogen-bond acceptors (Lipinski definition) is 4. The highest BCUT2D eigenvalue weighted by Gasteiger charge is 2.19. The van der Waals surface area contributed by atoms with E-state index in [4.69, 9.17) is 9.83 Å². The number of phenolic OH excluding ortho intramolecular Hbond substituents is 1. The molecule has 1 heterocycles. The molecule has 3 aromatic rings. The molecule has 4 heteroatoms. The molecule has 0 aliphatic heterocycles. The van der Waals surface area contributed by atoms with Crippen molar-refractivity contribution in [1.29, 1.82) is 5.41 Å². The molecule has 0 bridgehead atoms. The van der Waals surface area contributed by atoms with E-state index in [-0.39, 0.29) is 17.4 Å². The maximum absolute atomic E-state index is 9.94. The van der Waals surface area contributed by atoms with Gasteiger partial charge in [0.05, 0.1) is 11.3 Å². The van der Waals surface area contributed by atoms with Crippen LogP contribution in [-0.2, 0) is 0 Å². The zero-order valence-electron chi connectivity index (χ0n) is 10.8. The third-order valence-corrected chi connectivity index (χ3v) is 3.21. The van der Waals surface area contributed by atoms with Gasteiger partial charge in [-0.05, 0) is 31.2 Å². The Kier molecular flexibility index (Phi) is 2.71. The van der Waals surface area contributed by atoms with Gasteiger partial charge in [0.2, 0.25) is 0 Å². The highest BCUT2D eigenvalue weighted by molar-refractivity contribution is 6.19. The highest BCUT2D eigenvalue weighted by Crippen LogP contribution is 2.34. The smallest absolute Gasteiger partial charge is 0.292 e. The topological polar surface area (TPSA) is 77.5 Å². The first kappa shape index (κ1) is 12.3. The maximum Gasteiger partial charge on any atom is 0.292 e. The minimum atomic E-state index is -0.308. The quantitative estimate of drug-likeness (QED) is 0.621. The summed E-state index contributed by atoms with van der Waals surface area (Å²) in [5, 5.41) is 28.3. The predicted molar refractivity (Wildman–Crippen MR) is 76.7 cm³/mol. The van der Waals surface area contributed by atoms with Gasteiger partial charge in [-0.3, -0.25) is 5.41 Å². The van der Waals surface area contributed by atoms with Crippen molar-refractivity contribution in [3.05, 3.63) is 59.2 Å². The minimum Gasteiger partial charge on any atom is -0.508 e. The molecule has 3 N–H and O–H groups in total. The van der Waals surface area contributed by atoms with Gasteiger partial charge in [0.1, 0.15) is 11.3 Å². The number of aromatic hydroxyl groups is 2. The van der Waals surface area contributed by atoms with Crippen LogP contribution in [0.4, 0.5) is 0 Å². The Labute approximate surface area is 115 Å². The van der Waals surface area contributed by atoms with Gasteiger partial charge in [-0.25, -0.2) is 0 Å². The van der Waals surface area contributed by atoms with Crippen LogP contribution >= 0.6 is 0 Å². The van der Waals surface area contributed by atoms with E-state index in [2.05, 4.69) is 0 Å². The normalized spacial score (nSPS) is 10.8. The monoisotopic (exact) mass is 267 g/mol. The molecule has 0 saturated heterocycles. The molecule has 0 aliphatic rings. The molecule has 100 valence electrons. The van der Waals surface area contributed by atoms with Gasteiger partial charge in [0.25, 0.3) is 5.95 Å². The molecule has 2 aromatic carbocycles. The summed E-state index contributed by atoms with van der Waals surface area (Å²) >= 11 is 0. The second kappa shape index (κ2) is 4.42. The van der Waals surface area contributed by atoms with Crippen LogP contribution in [0.3, 0.4) is 0 Å². The minimum absolute atomic E-state index is 0.0663. The lowest BCUT2D eigenvalue weighted by molar-refractivity contribution is 0.345. The summed E-state index contributed by atoms with van der Waals surface area (Å²) in [5.41, 5.74) is 2.61. The molecule has 1 aromatic heterocycles. The zero-order valence-corrected chi connectivity index (χ0v) is 10.8. The SMILES string of the molecule is Cc1cccc(C(=N)c2c(O)oc3ccc(O)cc23)c1. The van der Waals surface area contributed by atoms with Crippen LogP contribution < -0.4 is 0 Å². The second-order valence-corrected chi connectivity index (χ2v) is 4.71. The van der Waals surface area contributed by atoms with Crippen molar-refractivity contribution in [3.8, 4) is 11.7 Å². The average molecular weight is 267 g/mol. The highest BCUT2D eigenvalue weighted by atomic mass is 16.5. The van der Waals surface area contributed by atoms with Crippen LogP contribution in [0, 0.1) is 12.3 Å². The number of fused-ring (bicyclic) bond motifs is 1. The molecule has 0 fully saturated rings. The standard InChI is InChI=1S/C16H13NO3/c1-9-3-2-4-10(7-9)15(17)14-12-8-11(18)5-6-13(12)20-16(14)19/h2-8,17-19H,1H3. The molecule has 4 nitrogen and oxygen atoms in total. The third kappa shape index (κ3) is 1.91. The second-order valence-electron chi connectivity index (χ2n) is 4.71. The molecule has 3 rings (SSSR count). The largest absolute Gasteiger partial charge is 0.508 e. The molecule has 0 saturated carbocycles. The van der Waals surface area contributed by atoms with E-state index in [9.17, 15) is 10.2 Å². The van der Waals surface area contributed by atoms with Gasteiger partial charge in [-0.1, -0.05) is 23.8 Å². The Morgan fingerprint density at radius 2 is 1.90 bits per heavy atom. The first-order chi connectivity index (χ1) is 9.56. The van der Waals surface area contributed by atoms with Crippen LogP contribution in [0.2, 0.25) is 0 Å². The number of furan rings is 1. The molecular formula is C16H13NO3. The fraction of sp³-hybridized carbons (Fsp3) is 0.0625. The van der Waals surface area contributed by atoms with E-state index < -0.39 is 0 Å². The molecule has 0 atom stereocenters. The van der Waals surface area contributed by atoms with Crippen molar-refractivity contribution >= 4 is 16.7 Å². The van der Waals surface area contributed by atoms with E-state index in [1.807, 2.05) is 25.1 Å². The summed E-state index contributed by atoms with van der Waals surface area (Å²) in [5.74, 6) is -0.242. The maximum atomic E-state index is 9.94. The number of phenols is 1. The summed E-state index contributed by atoms with van der Waals surface area (Å²) < 4.78 is 5.23. The summed E-state index contributed by atoms with van der Waals surface area (Å²) in [7, 11) is 0. The van der Waals surface area contributed by atoms with E-state index in [0.717, 1.165) is 5.56 Å². The molecule has 20 heavy (non-hydrogen) atoms. The van der Waals surface area contributed by atoms with Crippen molar-refractivity contribution < 1.29 is 14.6 Å². The lowest BCUT2D eigenvalue weighted by Gasteiger charge is -2.04. The molecule has 0 spiro atoms. The summed E-state index contributed by atoms with van der Waals surface area (Å²) in [6.07, 6.45) is 0. The van der Waals surface area contributed by atoms with Crippen molar-refractivity contribution in [1.82, 2.24) is 0 Å². The fourth-order valence-electron chi connectivity index (χ4n) is 2.26. The Hall–Kier alpha value is -2.75. The molecular weight excluding hydrogens is 254 g/mol. The number of rotatable bonds is 2. The van der Waals surface area contributed by atoms with Crippen LogP contribution in [0.1, 0.15) is 16.7 Å². The Bertz CT molecular complexity index is 818. The number of nitrogens with one attached hydrogen (secondary N) is 1. The summed E-state index contributed by atoms with van der Waals surface area (Å²) in [4.78, 5) is 0. The van der Waals surface area contributed by atoms with Gasteiger partial charge >= 0.3 is 0 Å². The van der Waals surface area contributed by atoms with Crippen molar-refractivity contribution in [3.63, 3.8) is 0 Å². The number of hydrogen-bond donors (Lipinski definition) is 3.